The fraction of sp³-hybridized carbons (Fsp3) is 0.125. The molecule has 0 saturated heterocycles. The molecule has 0 spiro atoms. The topological polar surface area (TPSA) is 47.3 Å². The molecular weight excluding hydrogens is 299 g/mol. The molecule has 0 heterocycles. The highest BCUT2D eigenvalue weighted by atomic mass is 127. The number of methoxy groups -OCH3 is 1. The van der Waals surface area contributed by atoms with E-state index in [-0.39, 0.29) is 5.11 Å². The SMILES string of the molecule is COc1ccc(NC(N)=S)cc1I. The molecule has 0 aliphatic rings. The first-order chi connectivity index (χ1) is 6.13. The molecule has 1 rings (SSSR count). The molecule has 13 heavy (non-hydrogen) atoms. The predicted molar refractivity (Wildman–Crippen MR) is 66.1 cm³/mol. The summed E-state index contributed by atoms with van der Waals surface area (Å²) in [4.78, 5) is 0. The van der Waals surface area contributed by atoms with E-state index in [4.69, 9.17) is 22.7 Å². The fourth-order valence-electron chi connectivity index (χ4n) is 0.886. The standard InChI is InChI=1S/C8H9IN2OS/c1-12-7-3-2-5(4-6(7)9)11-8(10)13/h2-4H,1H3,(H3,10,11,13). The van der Waals surface area contributed by atoms with E-state index in [2.05, 4.69) is 27.9 Å². The first-order valence-electron chi connectivity index (χ1n) is 3.53. The van der Waals surface area contributed by atoms with Crippen molar-refractivity contribution >= 4 is 45.6 Å². The van der Waals surface area contributed by atoms with Crippen LogP contribution in [0.5, 0.6) is 5.75 Å². The van der Waals surface area contributed by atoms with E-state index in [1.165, 1.54) is 0 Å². The van der Waals surface area contributed by atoms with Gasteiger partial charge in [-0.3, -0.25) is 0 Å². The average Bonchev–Trinajstić information content (AvgIpc) is 2.03. The van der Waals surface area contributed by atoms with E-state index in [1.807, 2.05) is 18.2 Å². The van der Waals surface area contributed by atoms with Gasteiger partial charge in [0, 0.05) is 5.69 Å². The van der Waals surface area contributed by atoms with Gasteiger partial charge >= 0.3 is 0 Å². The first-order valence-corrected chi connectivity index (χ1v) is 5.02. The normalized spacial score (nSPS) is 9.38. The number of halogens is 1. The molecule has 0 fully saturated rings. The van der Waals surface area contributed by atoms with Gasteiger partial charge in [0.2, 0.25) is 0 Å². The van der Waals surface area contributed by atoms with Gasteiger partial charge in [0.25, 0.3) is 0 Å². The molecule has 0 aliphatic heterocycles. The van der Waals surface area contributed by atoms with Crippen LogP contribution in [0.3, 0.4) is 0 Å². The lowest BCUT2D eigenvalue weighted by Gasteiger charge is -2.07. The number of thiocarbonyl (C=S) groups is 1. The molecule has 0 unspecified atom stereocenters. The molecule has 3 nitrogen and oxygen atoms in total. The van der Waals surface area contributed by atoms with E-state index >= 15 is 0 Å². The Kier molecular flexibility index (Phi) is 3.73. The molecule has 1 aromatic rings. The Bertz CT molecular complexity index is 330. The van der Waals surface area contributed by atoms with Crippen LogP contribution < -0.4 is 15.8 Å². The van der Waals surface area contributed by atoms with Crippen molar-refractivity contribution in [2.75, 3.05) is 12.4 Å². The summed E-state index contributed by atoms with van der Waals surface area (Å²) in [6, 6.07) is 5.64. The number of nitrogens with two attached hydrogens (primary N) is 1. The molecule has 0 amide bonds. The number of ether oxygens (including phenoxy) is 1. The minimum absolute atomic E-state index is 0.265. The van der Waals surface area contributed by atoms with Gasteiger partial charge in [-0.1, -0.05) is 0 Å². The van der Waals surface area contributed by atoms with E-state index in [1.54, 1.807) is 7.11 Å². The Morgan fingerprint density at radius 1 is 1.62 bits per heavy atom. The first kappa shape index (κ1) is 10.5. The van der Waals surface area contributed by atoms with Gasteiger partial charge in [0.15, 0.2) is 5.11 Å². The van der Waals surface area contributed by atoms with E-state index in [0.29, 0.717) is 0 Å². The maximum Gasteiger partial charge on any atom is 0.168 e. The smallest absolute Gasteiger partial charge is 0.168 e. The van der Waals surface area contributed by atoms with Crippen molar-refractivity contribution in [1.82, 2.24) is 0 Å². The zero-order chi connectivity index (χ0) is 9.84. The van der Waals surface area contributed by atoms with Gasteiger partial charge in [-0.15, -0.1) is 0 Å². The van der Waals surface area contributed by atoms with Gasteiger partial charge < -0.3 is 15.8 Å². The van der Waals surface area contributed by atoms with Crippen LogP contribution in [0.2, 0.25) is 0 Å². The largest absolute Gasteiger partial charge is 0.496 e. The summed E-state index contributed by atoms with van der Waals surface area (Å²) in [6.45, 7) is 0. The molecule has 0 aromatic heterocycles. The Hall–Kier alpha value is -0.560. The average molecular weight is 308 g/mol. The zero-order valence-electron chi connectivity index (χ0n) is 7.00. The van der Waals surface area contributed by atoms with Crippen LogP contribution in [0.25, 0.3) is 0 Å². The lowest BCUT2D eigenvalue weighted by molar-refractivity contribution is 0.412. The number of hydrogen-bond acceptors (Lipinski definition) is 2. The lowest BCUT2D eigenvalue weighted by Crippen LogP contribution is -2.18. The van der Waals surface area contributed by atoms with Crippen molar-refractivity contribution in [3.63, 3.8) is 0 Å². The minimum Gasteiger partial charge on any atom is -0.496 e. The third kappa shape index (κ3) is 3.00. The van der Waals surface area contributed by atoms with E-state index in [0.717, 1.165) is 15.0 Å². The number of nitrogens with one attached hydrogen (secondary N) is 1. The van der Waals surface area contributed by atoms with Crippen LogP contribution in [0, 0.1) is 3.57 Å². The highest BCUT2D eigenvalue weighted by Gasteiger charge is 2.00. The maximum atomic E-state index is 5.33. The predicted octanol–water partition coefficient (Wildman–Crippen LogP) is 1.96. The van der Waals surface area contributed by atoms with Crippen LogP contribution in [-0.2, 0) is 0 Å². The van der Waals surface area contributed by atoms with Crippen LogP contribution >= 0.6 is 34.8 Å². The van der Waals surface area contributed by atoms with Crippen LogP contribution in [0.4, 0.5) is 5.69 Å². The van der Waals surface area contributed by atoms with Gasteiger partial charge in [0.1, 0.15) is 5.75 Å². The highest BCUT2D eigenvalue weighted by molar-refractivity contribution is 14.1. The summed E-state index contributed by atoms with van der Waals surface area (Å²) in [6.07, 6.45) is 0. The molecule has 3 N–H and O–H groups in total. The minimum atomic E-state index is 0.265. The summed E-state index contributed by atoms with van der Waals surface area (Å²) in [5.41, 5.74) is 6.20. The summed E-state index contributed by atoms with van der Waals surface area (Å²) in [5, 5.41) is 3.11. The number of anilines is 1. The molecule has 70 valence electrons. The summed E-state index contributed by atoms with van der Waals surface area (Å²) >= 11 is 6.90. The lowest BCUT2D eigenvalue weighted by atomic mass is 10.3. The third-order valence-corrected chi connectivity index (χ3v) is 2.36. The number of hydrogen-bond donors (Lipinski definition) is 2. The molecular formula is C8H9IN2OS. The van der Waals surface area contributed by atoms with Crippen LogP contribution in [0.1, 0.15) is 0 Å². The molecule has 0 atom stereocenters. The zero-order valence-corrected chi connectivity index (χ0v) is 9.98. The molecule has 0 radical (unpaired) electrons. The van der Waals surface area contributed by atoms with Crippen molar-refractivity contribution in [3.05, 3.63) is 21.8 Å². The van der Waals surface area contributed by atoms with Crippen LogP contribution in [-0.4, -0.2) is 12.2 Å². The summed E-state index contributed by atoms with van der Waals surface area (Å²) in [5.74, 6) is 0.842. The van der Waals surface area contributed by atoms with Gasteiger partial charge in [-0.2, -0.15) is 0 Å². The summed E-state index contributed by atoms with van der Waals surface area (Å²) in [7, 11) is 1.64. The van der Waals surface area contributed by atoms with Crippen molar-refractivity contribution < 1.29 is 4.74 Å². The van der Waals surface area contributed by atoms with Crippen molar-refractivity contribution in [2.24, 2.45) is 5.73 Å². The Labute approximate surface area is 95.8 Å². The molecule has 5 heteroatoms. The van der Waals surface area contributed by atoms with E-state index < -0.39 is 0 Å². The number of benzene rings is 1. The molecule has 1 aromatic carbocycles. The number of rotatable bonds is 2. The van der Waals surface area contributed by atoms with Gasteiger partial charge in [-0.25, -0.2) is 0 Å². The molecule has 0 saturated carbocycles. The van der Waals surface area contributed by atoms with Crippen molar-refractivity contribution in [2.45, 2.75) is 0 Å². The second kappa shape index (κ2) is 4.61. The quantitative estimate of drug-likeness (QED) is 0.648. The Balaban J connectivity index is 2.89. The van der Waals surface area contributed by atoms with Gasteiger partial charge in [0.05, 0.1) is 10.7 Å². The van der Waals surface area contributed by atoms with Crippen LogP contribution in [0.15, 0.2) is 18.2 Å². The monoisotopic (exact) mass is 308 g/mol. The Morgan fingerprint density at radius 3 is 2.77 bits per heavy atom. The fourth-order valence-corrected chi connectivity index (χ4v) is 1.74. The summed E-state index contributed by atoms with van der Waals surface area (Å²) < 4.78 is 6.12. The van der Waals surface area contributed by atoms with Crippen molar-refractivity contribution in [3.8, 4) is 5.75 Å². The molecule has 0 bridgehead atoms. The third-order valence-electron chi connectivity index (χ3n) is 1.42. The van der Waals surface area contributed by atoms with E-state index in [9.17, 15) is 0 Å². The maximum absolute atomic E-state index is 5.33. The van der Waals surface area contributed by atoms with Crippen molar-refractivity contribution in [1.29, 1.82) is 0 Å². The highest BCUT2D eigenvalue weighted by Crippen LogP contribution is 2.23. The second-order valence-corrected chi connectivity index (χ2v) is 3.94. The molecule has 0 aliphatic carbocycles. The Morgan fingerprint density at radius 2 is 2.31 bits per heavy atom. The second-order valence-electron chi connectivity index (χ2n) is 2.34. The van der Waals surface area contributed by atoms with Gasteiger partial charge in [-0.05, 0) is 53.0 Å².